The van der Waals surface area contributed by atoms with Crippen molar-refractivity contribution < 1.29 is 24.2 Å². The SMILES string of the molecule is C=CCCCOC(=O)[C@@H]1[C@H]2C(=O)N(CCO)C(C(=O)N(CC=C)Cc3ccccc3)C23CC[C@@]1(C)S3. The summed E-state index contributed by atoms with van der Waals surface area (Å²) in [4.78, 5) is 44.6. The molecule has 4 rings (SSSR count). The van der Waals surface area contributed by atoms with Crippen LogP contribution in [0.3, 0.4) is 0 Å². The van der Waals surface area contributed by atoms with Gasteiger partial charge in [0.1, 0.15) is 6.04 Å². The van der Waals surface area contributed by atoms with Gasteiger partial charge in [-0.25, -0.2) is 0 Å². The minimum atomic E-state index is -0.754. The molecule has 2 amide bonds. The van der Waals surface area contributed by atoms with Gasteiger partial charge in [-0.2, -0.15) is 0 Å². The summed E-state index contributed by atoms with van der Waals surface area (Å²) >= 11 is 1.61. The highest BCUT2D eigenvalue weighted by atomic mass is 32.2. The summed E-state index contributed by atoms with van der Waals surface area (Å²) in [6.07, 6.45) is 6.29. The van der Waals surface area contributed by atoms with E-state index in [-0.39, 0.29) is 37.5 Å². The highest BCUT2D eigenvalue weighted by molar-refractivity contribution is 8.02. The molecule has 194 valence electrons. The first-order valence-electron chi connectivity index (χ1n) is 12.7. The van der Waals surface area contributed by atoms with Crippen molar-refractivity contribution in [2.24, 2.45) is 11.8 Å². The molecule has 5 atom stereocenters. The monoisotopic (exact) mass is 512 g/mol. The number of rotatable bonds is 12. The zero-order valence-electron chi connectivity index (χ0n) is 20.9. The second kappa shape index (κ2) is 10.8. The Labute approximate surface area is 217 Å². The van der Waals surface area contributed by atoms with E-state index in [4.69, 9.17) is 4.74 Å². The second-order valence-corrected chi connectivity index (χ2v) is 12.0. The van der Waals surface area contributed by atoms with Crippen molar-refractivity contribution >= 4 is 29.5 Å². The largest absolute Gasteiger partial charge is 0.465 e. The molecule has 8 heteroatoms. The highest BCUT2D eigenvalue weighted by Gasteiger charge is 2.77. The summed E-state index contributed by atoms with van der Waals surface area (Å²) in [5.74, 6) is -2.02. The summed E-state index contributed by atoms with van der Waals surface area (Å²) in [6.45, 7) is 10.4. The molecule has 0 aliphatic carbocycles. The van der Waals surface area contributed by atoms with E-state index in [1.165, 1.54) is 4.90 Å². The molecule has 2 unspecified atom stereocenters. The van der Waals surface area contributed by atoms with E-state index in [0.717, 1.165) is 18.4 Å². The van der Waals surface area contributed by atoms with Crippen LogP contribution in [0.1, 0.15) is 38.2 Å². The molecule has 3 saturated heterocycles. The topological polar surface area (TPSA) is 87.1 Å². The van der Waals surface area contributed by atoms with Crippen molar-refractivity contribution in [2.75, 3.05) is 26.3 Å². The first-order chi connectivity index (χ1) is 17.3. The Kier molecular flexibility index (Phi) is 7.95. The van der Waals surface area contributed by atoms with Crippen LogP contribution in [0, 0.1) is 11.8 Å². The number of allylic oxidation sites excluding steroid dienone is 1. The third-order valence-electron chi connectivity index (χ3n) is 7.78. The van der Waals surface area contributed by atoms with Crippen LogP contribution in [0.2, 0.25) is 0 Å². The number of thioether (sulfide) groups is 1. The summed E-state index contributed by atoms with van der Waals surface area (Å²) in [7, 11) is 0. The van der Waals surface area contributed by atoms with E-state index in [2.05, 4.69) is 13.2 Å². The first-order valence-corrected chi connectivity index (χ1v) is 13.5. The Balaban J connectivity index is 1.66. The molecule has 36 heavy (non-hydrogen) atoms. The van der Waals surface area contributed by atoms with Crippen LogP contribution in [0.25, 0.3) is 0 Å². The van der Waals surface area contributed by atoms with Gasteiger partial charge in [0, 0.05) is 24.4 Å². The Morgan fingerprint density at radius 1 is 1.25 bits per heavy atom. The quantitative estimate of drug-likeness (QED) is 0.263. The highest BCUT2D eigenvalue weighted by Crippen LogP contribution is 2.71. The van der Waals surface area contributed by atoms with Crippen molar-refractivity contribution in [1.29, 1.82) is 0 Å². The molecular weight excluding hydrogens is 476 g/mol. The number of β-amino-alcohol motifs (C(OH)–C–C–N with tert-alkyl or cyclic N) is 1. The predicted molar refractivity (Wildman–Crippen MR) is 140 cm³/mol. The number of likely N-dealkylation sites (tertiary alicyclic amines) is 1. The van der Waals surface area contributed by atoms with Gasteiger partial charge < -0.3 is 19.6 Å². The Morgan fingerprint density at radius 3 is 2.67 bits per heavy atom. The lowest BCUT2D eigenvalue weighted by molar-refractivity contribution is -0.155. The summed E-state index contributed by atoms with van der Waals surface area (Å²) < 4.78 is 4.43. The van der Waals surface area contributed by atoms with E-state index < -0.39 is 27.4 Å². The van der Waals surface area contributed by atoms with Crippen LogP contribution in [0.5, 0.6) is 0 Å². The third-order valence-corrected chi connectivity index (χ3v) is 9.77. The minimum absolute atomic E-state index is 0.0547. The average molecular weight is 513 g/mol. The maximum Gasteiger partial charge on any atom is 0.311 e. The van der Waals surface area contributed by atoms with Gasteiger partial charge >= 0.3 is 5.97 Å². The number of hydrogen-bond acceptors (Lipinski definition) is 6. The normalized spacial score (nSPS) is 30.2. The maximum absolute atomic E-state index is 14.2. The average Bonchev–Trinajstić information content (AvgIpc) is 3.43. The molecule has 3 aliphatic heterocycles. The molecule has 1 N–H and O–H groups in total. The van der Waals surface area contributed by atoms with Gasteiger partial charge in [-0.05, 0) is 38.2 Å². The first kappa shape index (κ1) is 26.5. The number of esters is 1. The molecule has 2 bridgehead atoms. The fourth-order valence-corrected chi connectivity index (χ4v) is 8.61. The van der Waals surface area contributed by atoms with Gasteiger partial charge in [0.05, 0.1) is 29.8 Å². The van der Waals surface area contributed by atoms with Crippen LogP contribution >= 0.6 is 11.8 Å². The molecule has 3 fully saturated rings. The molecule has 7 nitrogen and oxygen atoms in total. The van der Waals surface area contributed by atoms with Gasteiger partial charge in [-0.3, -0.25) is 14.4 Å². The van der Waals surface area contributed by atoms with Crippen molar-refractivity contribution in [3.8, 4) is 0 Å². The number of amides is 2. The molecule has 3 heterocycles. The summed E-state index contributed by atoms with van der Waals surface area (Å²) in [6, 6.07) is 8.96. The molecule has 1 spiro atoms. The number of benzene rings is 1. The Morgan fingerprint density at radius 2 is 2.00 bits per heavy atom. The Bertz CT molecular complexity index is 1020. The standard InChI is InChI=1S/C28H36N2O5S/c1-4-6-10-18-35-26(34)22-21-24(32)30(16-17-31)23(28(21)14-13-27(22,3)36-28)25(33)29(15-5-2)19-20-11-8-7-9-12-20/h4-5,7-9,11-12,21-23,31H,1-2,6,10,13-19H2,3H3/t21-,22-,23?,27+,28?/m0/s1. The number of aliphatic hydroxyl groups is 1. The maximum atomic E-state index is 14.2. The Hall–Kier alpha value is -2.58. The van der Waals surface area contributed by atoms with Crippen molar-refractivity contribution in [2.45, 2.75) is 54.7 Å². The number of nitrogens with zero attached hydrogens (tertiary/aromatic N) is 2. The third kappa shape index (κ3) is 4.50. The molecular formula is C28H36N2O5S. The van der Waals surface area contributed by atoms with E-state index in [9.17, 15) is 19.5 Å². The molecule has 0 aromatic heterocycles. The lowest BCUT2D eigenvalue weighted by atomic mass is 9.66. The molecule has 0 radical (unpaired) electrons. The minimum Gasteiger partial charge on any atom is -0.465 e. The van der Waals surface area contributed by atoms with Gasteiger partial charge in [-0.15, -0.1) is 24.9 Å². The van der Waals surface area contributed by atoms with E-state index >= 15 is 0 Å². The van der Waals surface area contributed by atoms with Crippen LogP contribution in [0.4, 0.5) is 0 Å². The van der Waals surface area contributed by atoms with Gasteiger partial charge in [0.2, 0.25) is 11.8 Å². The van der Waals surface area contributed by atoms with Crippen LogP contribution in [0.15, 0.2) is 55.6 Å². The zero-order chi connectivity index (χ0) is 25.9. The fourth-order valence-electron chi connectivity index (χ4n) is 6.27. The van der Waals surface area contributed by atoms with Crippen molar-refractivity contribution in [3.05, 3.63) is 61.2 Å². The fraction of sp³-hybridized carbons (Fsp3) is 0.536. The summed E-state index contributed by atoms with van der Waals surface area (Å²) in [5.41, 5.74) is 0.982. The van der Waals surface area contributed by atoms with Gasteiger partial charge in [0.25, 0.3) is 0 Å². The van der Waals surface area contributed by atoms with Gasteiger partial charge in [-0.1, -0.05) is 42.5 Å². The molecule has 1 aromatic carbocycles. The van der Waals surface area contributed by atoms with Crippen molar-refractivity contribution in [1.82, 2.24) is 9.80 Å². The van der Waals surface area contributed by atoms with E-state index in [1.807, 2.05) is 37.3 Å². The smallest absolute Gasteiger partial charge is 0.311 e. The van der Waals surface area contributed by atoms with Crippen LogP contribution < -0.4 is 0 Å². The summed E-state index contributed by atoms with van der Waals surface area (Å²) in [5, 5.41) is 9.80. The number of ether oxygens (including phenoxy) is 1. The number of aliphatic hydroxyl groups excluding tert-OH is 1. The van der Waals surface area contributed by atoms with Crippen LogP contribution in [-0.2, 0) is 25.7 Å². The number of hydrogen-bond donors (Lipinski definition) is 1. The zero-order valence-corrected chi connectivity index (χ0v) is 21.8. The van der Waals surface area contributed by atoms with E-state index in [1.54, 1.807) is 28.8 Å². The lowest BCUT2D eigenvalue weighted by Crippen LogP contribution is -2.55. The number of carbonyl (C=O) groups is 3. The molecule has 1 aromatic rings. The molecule has 3 aliphatic rings. The van der Waals surface area contributed by atoms with Crippen LogP contribution in [-0.4, -0.2) is 74.5 Å². The lowest BCUT2D eigenvalue weighted by Gasteiger charge is -2.37. The predicted octanol–water partition coefficient (Wildman–Crippen LogP) is 3.18. The van der Waals surface area contributed by atoms with E-state index in [0.29, 0.717) is 25.9 Å². The number of unbranched alkanes of at least 4 members (excludes halogenated alkanes) is 1. The second-order valence-electron chi connectivity index (χ2n) is 10.1. The van der Waals surface area contributed by atoms with Gasteiger partial charge in [0.15, 0.2) is 0 Å². The number of fused-ring (bicyclic) bond motifs is 1. The number of carbonyl (C=O) groups excluding carboxylic acids is 3. The van der Waals surface area contributed by atoms with Crippen molar-refractivity contribution in [3.63, 3.8) is 0 Å². The molecule has 0 saturated carbocycles.